The van der Waals surface area contributed by atoms with Gasteiger partial charge in [0.05, 0.1) is 0 Å². The molecular formula is C15H20BrN3O. The van der Waals surface area contributed by atoms with E-state index in [4.69, 9.17) is 0 Å². The molecule has 20 heavy (non-hydrogen) atoms. The van der Waals surface area contributed by atoms with Gasteiger partial charge in [-0.05, 0) is 39.9 Å². The predicted molar refractivity (Wildman–Crippen MR) is 83.0 cm³/mol. The van der Waals surface area contributed by atoms with Gasteiger partial charge in [0.15, 0.2) is 0 Å². The summed E-state index contributed by atoms with van der Waals surface area (Å²) in [6.07, 6.45) is 3.57. The highest BCUT2D eigenvalue weighted by atomic mass is 79.9. The lowest BCUT2D eigenvalue weighted by molar-refractivity contribution is -0.129. The van der Waals surface area contributed by atoms with Crippen LogP contribution in [0.5, 0.6) is 0 Å². The highest BCUT2D eigenvalue weighted by molar-refractivity contribution is 9.10. The van der Waals surface area contributed by atoms with Crippen LogP contribution >= 0.6 is 15.9 Å². The van der Waals surface area contributed by atoms with Crippen LogP contribution in [-0.2, 0) is 4.79 Å². The Balaban J connectivity index is 1.85. The summed E-state index contributed by atoms with van der Waals surface area (Å²) in [5, 5.41) is 0. The summed E-state index contributed by atoms with van der Waals surface area (Å²) in [6.45, 7) is 7.03. The summed E-state index contributed by atoms with van der Waals surface area (Å²) in [6, 6.07) is 2.54. The maximum atomic E-state index is 11.8. The first kappa shape index (κ1) is 13.9. The molecule has 108 valence electrons. The van der Waals surface area contributed by atoms with Crippen LogP contribution in [0.2, 0.25) is 0 Å². The minimum absolute atomic E-state index is 0.322. The van der Waals surface area contributed by atoms with Gasteiger partial charge >= 0.3 is 0 Å². The maximum Gasteiger partial charge on any atom is 0.223 e. The van der Waals surface area contributed by atoms with E-state index >= 15 is 0 Å². The van der Waals surface area contributed by atoms with Gasteiger partial charge in [0, 0.05) is 42.8 Å². The fourth-order valence-electron chi connectivity index (χ4n) is 3.19. The van der Waals surface area contributed by atoms with Crippen molar-refractivity contribution in [3.8, 4) is 0 Å². The van der Waals surface area contributed by atoms with Gasteiger partial charge < -0.3 is 9.80 Å². The van der Waals surface area contributed by atoms with Crippen molar-refractivity contribution in [1.82, 2.24) is 9.88 Å². The summed E-state index contributed by atoms with van der Waals surface area (Å²) in [4.78, 5) is 20.8. The molecule has 2 saturated heterocycles. The lowest BCUT2D eigenvalue weighted by Gasteiger charge is -2.39. The third kappa shape index (κ3) is 2.43. The molecule has 0 radical (unpaired) electrons. The van der Waals surface area contributed by atoms with Crippen molar-refractivity contribution >= 4 is 27.7 Å². The summed E-state index contributed by atoms with van der Waals surface area (Å²) in [7, 11) is 0. The average Bonchev–Trinajstić information content (AvgIpc) is 2.80. The predicted octanol–water partition coefficient (Wildman–Crippen LogP) is 2.78. The molecule has 3 rings (SSSR count). The third-order valence-electron chi connectivity index (χ3n) is 4.28. The first-order valence-corrected chi connectivity index (χ1v) is 8.05. The fourth-order valence-corrected chi connectivity index (χ4v) is 3.54. The van der Waals surface area contributed by atoms with E-state index in [1.807, 2.05) is 11.1 Å². The number of piperazine rings is 1. The molecule has 1 aromatic heterocycles. The highest BCUT2D eigenvalue weighted by Crippen LogP contribution is 2.31. The number of aromatic nitrogens is 1. The van der Waals surface area contributed by atoms with Crippen LogP contribution in [0.4, 0.5) is 5.82 Å². The molecule has 1 unspecified atom stereocenters. The molecule has 0 saturated carbocycles. The number of pyridine rings is 1. The lowest BCUT2D eigenvalue weighted by Crippen LogP contribution is -2.52. The van der Waals surface area contributed by atoms with Crippen molar-refractivity contribution in [2.75, 3.05) is 24.5 Å². The van der Waals surface area contributed by atoms with Gasteiger partial charge in [0.25, 0.3) is 0 Å². The number of hydrogen-bond donors (Lipinski definition) is 0. The molecule has 1 aromatic rings. The van der Waals surface area contributed by atoms with E-state index in [2.05, 4.69) is 45.7 Å². The van der Waals surface area contributed by atoms with Crippen molar-refractivity contribution in [2.24, 2.45) is 0 Å². The second kappa shape index (κ2) is 5.35. The van der Waals surface area contributed by atoms with Crippen molar-refractivity contribution in [2.45, 2.75) is 38.6 Å². The molecule has 3 heterocycles. The Bertz CT molecular complexity index is 532. The zero-order valence-corrected chi connectivity index (χ0v) is 13.6. The minimum Gasteiger partial charge on any atom is -0.353 e. The molecule has 0 aromatic carbocycles. The smallest absolute Gasteiger partial charge is 0.223 e. The molecule has 2 aliphatic rings. The molecule has 2 fully saturated rings. The number of rotatable bonds is 2. The molecule has 0 spiro atoms. The number of carbonyl (C=O) groups is 1. The SMILES string of the molecule is CC(C)c1cc(Br)cnc1N1CCN2C(=O)CCC2C1. The number of anilines is 1. The average molecular weight is 338 g/mol. The topological polar surface area (TPSA) is 36.4 Å². The van der Waals surface area contributed by atoms with E-state index in [-0.39, 0.29) is 0 Å². The monoisotopic (exact) mass is 337 g/mol. The number of halogens is 1. The summed E-state index contributed by atoms with van der Waals surface area (Å²) in [5.74, 6) is 1.85. The van der Waals surface area contributed by atoms with Gasteiger partial charge in [0.2, 0.25) is 5.91 Å². The number of amides is 1. The Kier molecular flexibility index (Phi) is 3.71. The first-order valence-electron chi connectivity index (χ1n) is 7.26. The zero-order chi connectivity index (χ0) is 14.3. The molecule has 4 nitrogen and oxygen atoms in total. The number of nitrogens with zero attached hydrogens (tertiary/aromatic N) is 3. The van der Waals surface area contributed by atoms with Crippen LogP contribution in [0.1, 0.15) is 38.2 Å². The van der Waals surface area contributed by atoms with Crippen molar-refractivity contribution < 1.29 is 4.79 Å². The Morgan fingerprint density at radius 3 is 2.95 bits per heavy atom. The molecule has 1 amide bonds. The standard InChI is InChI=1S/C15H20BrN3O/c1-10(2)13-7-11(16)8-17-15(13)18-5-6-19-12(9-18)3-4-14(19)20/h7-8,10,12H,3-6,9H2,1-2H3. The van der Waals surface area contributed by atoms with Gasteiger partial charge in [-0.3, -0.25) is 4.79 Å². The Morgan fingerprint density at radius 2 is 2.20 bits per heavy atom. The highest BCUT2D eigenvalue weighted by Gasteiger charge is 2.36. The van der Waals surface area contributed by atoms with E-state index in [1.165, 1.54) is 5.56 Å². The normalized spacial score (nSPS) is 22.6. The van der Waals surface area contributed by atoms with E-state index in [9.17, 15) is 4.79 Å². The molecule has 0 bridgehead atoms. The number of hydrogen-bond acceptors (Lipinski definition) is 3. The Labute approximate surface area is 128 Å². The van der Waals surface area contributed by atoms with Gasteiger partial charge in [-0.1, -0.05) is 13.8 Å². The Hall–Kier alpha value is -1.10. The van der Waals surface area contributed by atoms with Crippen LogP contribution in [0, 0.1) is 0 Å². The van der Waals surface area contributed by atoms with Gasteiger partial charge in [-0.15, -0.1) is 0 Å². The second-order valence-electron chi connectivity index (χ2n) is 5.95. The summed E-state index contributed by atoms with van der Waals surface area (Å²) >= 11 is 3.51. The molecule has 1 atom stereocenters. The van der Waals surface area contributed by atoms with Crippen molar-refractivity contribution in [3.63, 3.8) is 0 Å². The van der Waals surface area contributed by atoms with Crippen LogP contribution in [0.15, 0.2) is 16.7 Å². The van der Waals surface area contributed by atoms with Crippen LogP contribution < -0.4 is 4.90 Å². The van der Waals surface area contributed by atoms with E-state index < -0.39 is 0 Å². The van der Waals surface area contributed by atoms with E-state index in [1.54, 1.807) is 0 Å². The first-order chi connectivity index (χ1) is 9.56. The second-order valence-corrected chi connectivity index (χ2v) is 6.86. The van der Waals surface area contributed by atoms with Gasteiger partial charge in [-0.25, -0.2) is 4.98 Å². The van der Waals surface area contributed by atoms with Gasteiger partial charge in [-0.2, -0.15) is 0 Å². The quantitative estimate of drug-likeness (QED) is 0.832. The summed E-state index contributed by atoms with van der Waals surface area (Å²) < 4.78 is 1.03. The number of fused-ring (bicyclic) bond motifs is 1. The fraction of sp³-hybridized carbons (Fsp3) is 0.600. The maximum absolute atomic E-state index is 11.8. The van der Waals surface area contributed by atoms with Crippen LogP contribution in [0.3, 0.4) is 0 Å². The van der Waals surface area contributed by atoms with Crippen LogP contribution in [0.25, 0.3) is 0 Å². The van der Waals surface area contributed by atoms with E-state index in [0.29, 0.717) is 24.3 Å². The molecule has 0 N–H and O–H groups in total. The third-order valence-corrected chi connectivity index (χ3v) is 4.71. The number of carbonyl (C=O) groups excluding carboxylic acids is 1. The van der Waals surface area contributed by atoms with Crippen LogP contribution in [-0.4, -0.2) is 41.5 Å². The minimum atomic E-state index is 0.322. The molecule has 0 aliphatic carbocycles. The Morgan fingerprint density at radius 1 is 1.40 bits per heavy atom. The summed E-state index contributed by atoms with van der Waals surface area (Å²) in [5.41, 5.74) is 1.28. The largest absolute Gasteiger partial charge is 0.353 e. The molecule has 2 aliphatic heterocycles. The molecular weight excluding hydrogens is 318 g/mol. The van der Waals surface area contributed by atoms with Crippen molar-refractivity contribution in [1.29, 1.82) is 0 Å². The van der Waals surface area contributed by atoms with Crippen molar-refractivity contribution in [3.05, 3.63) is 22.3 Å². The zero-order valence-electron chi connectivity index (χ0n) is 12.0. The molecule has 5 heteroatoms. The lowest BCUT2D eigenvalue weighted by atomic mass is 10.0. The van der Waals surface area contributed by atoms with Gasteiger partial charge in [0.1, 0.15) is 5.82 Å². The van der Waals surface area contributed by atoms with E-state index in [0.717, 1.165) is 36.3 Å².